The number of nitrogens with zero attached hydrogens (tertiary/aromatic N) is 1. The molecule has 3 N–H and O–H groups in total. The first-order valence-electron chi connectivity index (χ1n) is 15.6. The maximum atomic E-state index is 12.5. The number of carbonyl (C=O) groups is 2. The summed E-state index contributed by atoms with van der Waals surface area (Å²) in [5.41, 5.74) is 0. The van der Waals surface area contributed by atoms with E-state index in [1.54, 1.807) is 0 Å². The van der Waals surface area contributed by atoms with Crippen molar-refractivity contribution in [2.24, 2.45) is 5.92 Å². The molecule has 0 saturated carbocycles. The number of aliphatic carboxylic acids is 1. The molecule has 0 aromatic rings. The van der Waals surface area contributed by atoms with Gasteiger partial charge in [0.15, 0.2) is 0 Å². The molecule has 0 saturated heterocycles. The van der Waals surface area contributed by atoms with Crippen molar-refractivity contribution in [2.45, 2.75) is 155 Å². The second-order valence-electron chi connectivity index (χ2n) is 11.1. The molecule has 6 heteroatoms. The van der Waals surface area contributed by atoms with Crippen LogP contribution >= 0.6 is 0 Å². The number of hydrogen-bond donors (Lipinski definition) is 3. The minimum absolute atomic E-state index is 0.0818. The second-order valence-corrected chi connectivity index (χ2v) is 11.1. The highest BCUT2D eigenvalue weighted by Gasteiger charge is 2.17. The van der Waals surface area contributed by atoms with Gasteiger partial charge in [0.1, 0.15) is 0 Å². The molecule has 222 valence electrons. The van der Waals surface area contributed by atoms with Crippen LogP contribution in [0.1, 0.15) is 149 Å². The molecule has 0 radical (unpaired) electrons. The standard InChI is InChI=1S/C23H48N2O2.C8H16O2/c1-5-6-7-8-9-10-13-16-22(17-14-11-12-15-20-26)24-23(27)21(2)18-19-25(3)4;1-2-3-4-5-6-7-8(9)10/h21-22,26H,5-20H2,1-4H3,(H,24,27);2-7H2,1H3,(H,9,10). The fourth-order valence-corrected chi connectivity index (χ4v) is 4.30. The number of carbonyl (C=O) groups excluding carboxylic acids is 1. The van der Waals surface area contributed by atoms with Crippen LogP contribution in [0.25, 0.3) is 0 Å². The highest BCUT2D eigenvalue weighted by Crippen LogP contribution is 2.15. The highest BCUT2D eigenvalue weighted by molar-refractivity contribution is 5.78. The van der Waals surface area contributed by atoms with Gasteiger partial charge in [0, 0.05) is 25.0 Å². The predicted molar refractivity (Wildman–Crippen MR) is 158 cm³/mol. The summed E-state index contributed by atoms with van der Waals surface area (Å²) in [5.74, 6) is -0.366. The van der Waals surface area contributed by atoms with E-state index in [0.29, 0.717) is 19.1 Å². The minimum atomic E-state index is -0.670. The summed E-state index contributed by atoms with van der Waals surface area (Å²) in [6.07, 6.45) is 22.5. The number of aliphatic hydroxyl groups is 1. The van der Waals surface area contributed by atoms with Crippen molar-refractivity contribution in [1.82, 2.24) is 10.2 Å². The summed E-state index contributed by atoms with van der Waals surface area (Å²) in [7, 11) is 4.11. The molecular formula is C31H64N2O4. The Morgan fingerprint density at radius 2 is 1.16 bits per heavy atom. The Morgan fingerprint density at radius 3 is 1.62 bits per heavy atom. The molecular weight excluding hydrogens is 464 g/mol. The zero-order chi connectivity index (χ0) is 28.2. The van der Waals surface area contributed by atoms with Crippen LogP contribution in [0, 0.1) is 5.92 Å². The maximum Gasteiger partial charge on any atom is 0.303 e. The van der Waals surface area contributed by atoms with Crippen molar-refractivity contribution in [1.29, 1.82) is 0 Å². The van der Waals surface area contributed by atoms with Gasteiger partial charge in [0.25, 0.3) is 0 Å². The van der Waals surface area contributed by atoms with Crippen LogP contribution in [0.2, 0.25) is 0 Å². The third-order valence-corrected chi connectivity index (χ3v) is 6.91. The molecule has 0 spiro atoms. The first-order chi connectivity index (χ1) is 17.8. The molecule has 0 bridgehead atoms. The lowest BCUT2D eigenvalue weighted by Crippen LogP contribution is -2.39. The van der Waals surface area contributed by atoms with Crippen LogP contribution in [0.5, 0.6) is 0 Å². The van der Waals surface area contributed by atoms with E-state index in [-0.39, 0.29) is 11.8 Å². The topological polar surface area (TPSA) is 89.9 Å². The molecule has 0 aliphatic carbocycles. The number of carboxylic acids is 1. The summed E-state index contributed by atoms with van der Waals surface area (Å²) < 4.78 is 0. The zero-order valence-electron chi connectivity index (χ0n) is 25.4. The quantitative estimate of drug-likeness (QED) is 0.106. The Morgan fingerprint density at radius 1 is 0.703 bits per heavy atom. The van der Waals surface area contributed by atoms with E-state index in [9.17, 15) is 9.59 Å². The molecule has 0 aliphatic heterocycles. The van der Waals surface area contributed by atoms with Gasteiger partial charge >= 0.3 is 5.97 Å². The molecule has 0 heterocycles. The Bertz CT molecular complexity index is 500. The number of aliphatic hydroxyl groups excluding tert-OH is 1. The third kappa shape index (κ3) is 31.0. The van der Waals surface area contributed by atoms with Crippen molar-refractivity contribution in [3.05, 3.63) is 0 Å². The smallest absolute Gasteiger partial charge is 0.303 e. The molecule has 0 aromatic heterocycles. The van der Waals surface area contributed by atoms with Gasteiger partial charge in [0.2, 0.25) is 5.91 Å². The Balaban J connectivity index is 0. The Hall–Kier alpha value is -1.14. The van der Waals surface area contributed by atoms with Crippen molar-refractivity contribution >= 4 is 11.9 Å². The zero-order valence-corrected chi connectivity index (χ0v) is 25.4. The van der Waals surface area contributed by atoms with Gasteiger partial charge in [-0.3, -0.25) is 9.59 Å². The van der Waals surface area contributed by atoms with Gasteiger partial charge in [-0.15, -0.1) is 0 Å². The Labute approximate surface area is 230 Å². The monoisotopic (exact) mass is 528 g/mol. The summed E-state index contributed by atoms with van der Waals surface area (Å²) >= 11 is 0. The first kappa shape index (κ1) is 38.0. The van der Waals surface area contributed by atoms with Crippen LogP contribution in [-0.4, -0.2) is 60.3 Å². The average Bonchev–Trinajstić information content (AvgIpc) is 2.86. The minimum Gasteiger partial charge on any atom is -0.481 e. The number of unbranched alkanes of at least 4 members (excludes halogenated alkanes) is 13. The fraction of sp³-hybridized carbons (Fsp3) is 0.935. The summed E-state index contributed by atoms with van der Waals surface area (Å²) in [4.78, 5) is 24.7. The molecule has 0 aliphatic rings. The summed E-state index contributed by atoms with van der Waals surface area (Å²) in [6, 6.07) is 0.323. The van der Waals surface area contributed by atoms with Crippen LogP contribution in [0.4, 0.5) is 0 Å². The van der Waals surface area contributed by atoms with E-state index in [4.69, 9.17) is 10.2 Å². The normalized spacial score (nSPS) is 12.6. The van der Waals surface area contributed by atoms with E-state index < -0.39 is 5.97 Å². The second kappa shape index (κ2) is 29.4. The van der Waals surface area contributed by atoms with E-state index in [2.05, 4.69) is 38.2 Å². The van der Waals surface area contributed by atoms with Crippen LogP contribution in [0.3, 0.4) is 0 Å². The largest absolute Gasteiger partial charge is 0.481 e. The lowest BCUT2D eigenvalue weighted by atomic mass is 9.99. The first-order valence-corrected chi connectivity index (χ1v) is 15.6. The van der Waals surface area contributed by atoms with Gasteiger partial charge in [0.05, 0.1) is 0 Å². The molecule has 0 fully saturated rings. The lowest BCUT2D eigenvalue weighted by molar-refractivity contribution is -0.137. The molecule has 0 rings (SSSR count). The molecule has 6 nitrogen and oxygen atoms in total. The van der Waals surface area contributed by atoms with E-state index in [1.807, 2.05) is 6.92 Å². The van der Waals surface area contributed by atoms with Gasteiger partial charge < -0.3 is 20.4 Å². The SMILES string of the molecule is CCCCCCCC(=O)O.CCCCCCCCCC(CCCCCCO)NC(=O)C(C)CCN(C)C. The fourth-order valence-electron chi connectivity index (χ4n) is 4.30. The number of hydrogen-bond acceptors (Lipinski definition) is 4. The summed E-state index contributed by atoms with van der Waals surface area (Å²) in [5, 5.41) is 20.5. The molecule has 2 unspecified atom stereocenters. The van der Waals surface area contributed by atoms with Crippen molar-refractivity contribution in [3.8, 4) is 0 Å². The maximum absolute atomic E-state index is 12.5. The number of nitrogens with one attached hydrogen (secondary N) is 1. The predicted octanol–water partition coefficient (Wildman–Crippen LogP) is 7.57. The van der Waals surface area contributed by atoms with Gasteiger partial charge in [-0.25, -0.2) is 0 Å². The highest BCUT2D eigenvalue weighted by atomic mass is 16.4. The third-order valence-electron chi connectivity index (χ3n) is 6.91. The number of rotatable bonds is 25. The van der Waals surface area contributed by atoms with E-state index >= 15 is 0 Å². The number of amides is 1. The Kier molecular flexibility index (Phi) is 30.2. The molecule has 37 heavy (non-hydrogen) atoms. The van der Waals surface area contributed by atoms with Gasteiger partial charge in [-0.2, -0.15) is 0 Å². The van der Waals surface area contributed by atoms with Crippen molar-refractivity contribution < 1.29 is 19.8 Å². The van der Waals surface area contributed by atoms with Crippen molar-refractivity contribution in [3.63, 3.8) is 0 Å². The number of carboxylic acid groups (broad SMARTS) is 1. The van der Waals surface area contributed by atoms with Crippen LogP contribution in [0.15, 0.2) is 0 Å². The van der Waals surface area contributed by atoms with E-state index in [1.165, 1.54) is 64.2 Å². The molecule has 2 atom stereocenters. The van der Waals surface area contributed by atoms with Gasteiger partial charge in [-0.1, -0.05) is 111 Å². The van der Waals surface area contributed by atoms with Gasteiger partial charge in [-0.05, 0) is 52.7 Å². The van der Waals surface area contributed by atoms with E-state index in [0.717, 1.165) is 64.3 Å². The lowest BCUT2D eigenvalue weighted by Gasteiger charge is -2.22. The van der Waals surface area contributed by atoms with Crippen LogP contribution < -0.4 is 5.32 Å². The molecule has 0 aromatic carbocycles. The average molecular weight is 529 g/mol. The molecule has 1 amide bonds. The van der Waals surface area contributed by atoms with Crippen LogP contribution in [-0.2, 0) is 9.59 Å². The summed E-state index contributed by atoms with van der Waals surface area (Å²) in [6.45, 7) is 7.70. The van der Waals surface area contributed by atoms with Crippen molar-refractivity contribution in [2.75, 3.05) is 27.2 Å².